The predicted molar refractivity (Wildman–Crippen MR) is 105 cm³/mol. The van der Waals surface area contributed by atoms with Gasteiger partial charge in [0.15, 0.2) is 11.6 Å². The standard InChI is InChI=1S/C21H21F4N3O5/c1-9-14(11-4-5-12(22)15(23)16(11)32-20(24)25)17(33-21(9,2)3)19(30)27-10-6-7-28(31)13(8-10)18(26)29/h4-9,14,17,20,31H,1-3H3,(H2,26,29)/p+1/t9-,14-,17-/m1/s1. The molecule has 0 bridgehead atoms. The number of amides is 2. The van der Waals surface area contributed by atoms with E-state index in [0.29, 0.717) is 4.73 Å². The number of aromatic nitrogens is 1. The first-order chi connectivity index (χ1) is 15.3. The zero-order valence-electron chi connectivity index (χ0n) is 17.8. The summed E-state index contributed by atoms with van der Waals surface area (Å²) in [6, 6.07) is 4.21. The molecule has 1 aliphatic rings. The van der Waals surface area contributed by atoms with Gasteiger partial charge in [-0.05, 0) is 25.8 Å². The van der Waals surface area contributed by atoms with Crippen molar-refractivity contribution in [1.82, 2.24) is 0 Å². The van der Waals surface area contributed by atoms with Crippen LogP contribution in [0.4, 0.5) is 23.2 Å². The number of hydrogen-bond acceptors (Lipinski definition) is 5. The van der Waals surface area contributed by atoms with Gasteiger partial charge in [0.25, 0.3) is 5.91 Å². The maximum atomic E-state index is 14.4. The second kappa shape index (κ2) is 8.85. The van der Waals surface area contributed by atoms with Crippen LogP contribution in [0.1, 0.15) is 42.7 Å². The van der Waals surface area contributed by atoms with E-state index in [0.717, 1.165) is 24.4 Å². The highest BCUT2D eigenvalue weighted by molar-refractivity contribution is 5.97. The summed E-state index contributed by atoms with van der Waals surface area (Å²) in [7, 11) is 0. The van der Waals surface area contributed by atoms with E-state index in [2.05, 4.69) is 10.1 Å². The number of primary amides is 1. The van der Waals surface area contributed by atoms with Crippen molar-refractivity contribution < 1.29 is 46.6 Å². The Morgan fingerprint density at radius 3 is 2.55 bits per heavy atom. The summed E-state index contributed by atoms with van der Waals surface area (Å²) in [4.78, 5) is 24.5. The molecule has 0 radical (unpaired) electrons. The Hall–Kier alpha value is -3.41. The number of rotatable bonds is 6. The van der Waals surface area contributed by atoms with Crippen LogP contribution in [0, 0.1) is 17.6 Å². The number of halogens is 4. The number of nitrogens with two attached hydrogens (primary N) is 1. The highest BCUT2D eigenvalue weighted by Crippen LogP contribution is 2.49. The molecule has 3 rings (SSSR count). The van der Waals surface area contributed by atoms with Gasteiger partial charge in [-0.25, -0.2) is 4.39 Å². The first kappa shape index (κ1) is 24.2. The first-order valence-corrected chi connectivity index (χ1v) is 9.79. The molecular weight excluding hydrogens is 450 g/mol. The Labute approximate surface area is 185 Å². The number of nitrogens with zero attached hydrogens (tertiary/aromatic N) is 1. The number of alkyl halides is 2. The minimum Gasteiger partial charge on any atom is -0.431 e. The number of benzene rings is 1. The number of ether oxygens (including phenoxy) is 2. The van der Waals surface area contributed by atoms with E-state index >= 15 is 0 Å². The lowest BCUT2D eigenvalue weighted by Crippen LogP contribution is -2.40. The monoisotopic (exact) mass is 472 g/mol. The molecule has 178 valence electrons. The third-order valence-electron chi connectivity index (χ3n) is 5.75. The van der Waals surface area contributed by atoms with Gasteiger partial charge in [0.2, 0.25) is 12.0 Å². The molecule has 1 aromatic carbocycles. The molecule has 0 unspecified atom stereocenters. The van der Waals surface area contributed by atoms with Crippen LogP contribution in [-0.4, -0.2) is 35.3 Å². The Morgan fingerprint density at radius 1 is 1.27 bits per heavy atom. The molecule has 12 heteroatoms. The summed E-state index contributed by atoms with van der Waals surface area (Å²) >= 11 is 0. The number of hydrogen-bond donors (Lipinski definition) is 3. The van der Waals surface area contributed by atoms with Gasteiger partial charge in [-0.2, -0.15) is 13.2 Å². The number of nitrogens with one attached hydrogen (secondary N) is 1. The topological polar surface area (TPSA) is 115 Å². The van der Waals surface area contributed by atoms with E-state index in [1.54, 1.807) is 20.8 Å². The molecule has 1 aromatic heterocycles. The third kappa shape index (κ3) is 4.70. The fourth-order valence-electron chi connectivity index (χ4n) is 3.84. The highest BCUT2D eigenvalue weighted by atomic mass is 19.3. The molecule has 1 aliphatic heterocycles. The van der Waals surface area contributed by atoms with E-state index in [-0.39, 0.29) is 16.9 Å². The minimum absolute atomic E-state index is 0.0770. The normalized spacial score (nSPS) is 21.8. The fourth-order valence-corrected chi connectivity index (χ4v) is 3.84. The summed E-state index contributed by atoms with van der Waals surface area (Å²) in [5.41, 5.74) is 3.81. The Morgan fingerprint density at radius 2 is 1.94 bits per heavy atom. The molecule has 3 atom stereocenters. The zero-order valence-corrected chi connectivity index (χ0v) is 17.8. The van der Waals surface area contributed by atoms with E-state index in [1.807, 2.05) is 0 Å². The number of carbonyl (C=O) groups excluding carboxylic acids is 2. The molecule has 4 N–H and O–H groups in total. The molecule has 8 nitrogen and oxygen atoms in total. The molecule has 0 saturated carbocycles. The largest absolute Gasteiger partial charge is 0.431 e. The van der Waals surface area contributed by atoms with Crippen LogP contribution in [0.25, 0.3) is 0 Å². The van der Waals surface area contributed by atoms with Crippen LogP contribution in [0.5, 0.6) is 5.75 Å². The van der Waals surface area contributed by atoms with Gasteiger partial charge in [-0.3, -0.25) is 14.8 Å². The summed E-state index contributed by atoms with van der Waals surface area (Å²) < 4.78 is 64.6. The van der Waals surface area contributed by atoms with Gasteiger partial charge in [0.05, 0.1) is 11.3 Å². The lowest BCUT2D eigenvalue weighted by molar-refractivity contribution is -0.905. The van der Waals surface area contributed by atoms with Gasteiger partial charge in [-0.1, -0.05) is 13.0 Å². The Bertz CT molecular complexity index is 1100. The maximum absolute atomic E-state index is 14.4. The van der Waals surface area contributed by atoms with Crippen LogP contribution in [0.15, 0.2) is 30.5 Å². The number of carbonyl (C=O) groups is 2. The van der Waals surface area contributed by atoms with Crippen LogP contribution in [0.2, 0.25) is 0 Å². The third-order valence-corrected chi connectivity index (χ3v) is 5.75. The van der Waals surface area contributed by atoms with Crippen LogP contribution in [-0.2, 0) is 9.53 Å². The van der Waals surface area contributed by atoms with Gasteiger partial charge >= 0.3 is 18.2 Å². The number of anilines is 1. The molecular formula is C21H22F4N3O5+. The molecule has 1 saturated heterocycles. The summed E-state index contributed by atoms with van der Waals surface area (Å²) in [6.07, 6.45) is -0.252. The van der Waals surface area contributed by atoms with Crippen LogP contribution < -0.4 is 20.5 Å². The van der Waals surface area contributed by atoms with Crippen molar-refractivity contribution in [3.05, 3.63) is 53.4 Å². The zero-order chi connectivity index (χ0) is 24.7. The van der Waals surface area contributed by atoms with E-state index in [4.69, 9.17) is 10.5 Å². The molecule has 2 heterocycles. The summed E-state index contributed by atoms with van der Waals surface area (Å²) in [5.74, 6) is -7.23. The van der Waals surface area contributed by atoms with Crippen molar-refractivity contribution in [2.75, 3.05) is 5.32 Å². The van der Waals surface area contributed by atoms with Crippen LogP contribution in [0.3, 0.4) is 0 Å². The van der Waals surface area contributed by atoms with Crippen molar-refractivity contribution >= 4 is 17.5 Å². The first-order valence-electron chi connectivity index (χ1n) is 9.79. The second-order valence-corrected chi connectivity index (χ2v) is 8.11. The van der Waals surface area contributed by atoms with E-state index < -0.39 is 59.4 Å². The fraction of sp³-hybridized carbons (Fsp3) is 0.381. The Kier molecular flexibility index (Phi) is 6.50. The second-order valence-electron chi connectivity index (χ2n) is 8.11. The van der Waals surface area contributed by atoms with Gasteiger partial charge < -0.3 is 20.5 Å². The molecule has 2 aromatic rings. The lowest BCUT2D eigenvalue weighted by atomic mass is 9.78. The van der Waals surface area contributed by atoms with Crippen molar-refractivity contribution in [3.63, 3.8) is 0 Å². The molecule has 0 aliphatic carbocycles. The average molecular weight is 472 g/mol. The van der Waals surface area contributed by atoms with E-state index in [9.17, 15) is 32.4 Å². The smallest absolute Gasteiger partial charge is 0.387 e. The number of pyridine rings is 1. The van der Waals surface area contributed by atoms with Gasteiger partial charge in [-0.15, -0.1) is 0 Å². The van der Waals surface area contributed by atoms with Gasteiger partial charge in [0.1, 0.15) is 6.10 Å². The quantitative estimate of drug-likeness (QED) is 0.340. The van der Waals surface area contributed by atoms with Crippen molar-refractivity contribution in [2.45, 2.75) is 45.0 Å². The Balaban J connectivity index is 2.02. The lowest BCUT2D eigenvalue weighted by Gasteiger charge is -2.26. The van der Waals surface area contributed by atoms with Gasteiger partial charge in [0, 0.05) is 28.3 Å². The van der Waals surface area contributed by atoms with Crippen molar-refractivity contribution in [2.24, 2.45) is 11.7 Å². The molecule has 1 fully saturated rings. The SMILES string of the molecule is C[C@@H]1[C@H](c2ccc(F)c(F)c2OC(F)F)[C@H](C(=O)Nc2cc[n+](O)c(C(N)=O)c2)OC1(C)C. The summed E-state index contributed by atoms with van der Waals surface area (Å²) in [6.45, 7) is 1.56. The van der Waals surface area contributed by atoms with E-state index in [1.165, 1.54) is 6.07 Å². The van der Waals surface area contributed by atoms with Crippen molar-refractivity contribution in [3.8, 4) is 5.75 Å². The maximum Gasteiger partial charge on any atom is 0.387 e. The highest BCUT2D eigenvalue weighted by Gasteiger charge is 2.52. The molecule has 0 spiro atoms. The predicted octanol–water partition coefficient (Wildman–Crippen LogP) is 2.73. The summed E-state index contributed by atoms with van der Waals surface area (Å²) in [5, 5.41) is 12.1. The average Bonchev–Trinajstić information content (AvgIpc) is 2.96. The molecule has 2 amide bonds. The minimum atomic E-state index is -3.43. The van der Waals surface area contributed by atoms with Crippen LogP contribution >= 0.6 is 0 Å². The molecule has 33 heavy (non-hydrogen) atoms. The van der Waals surface area contributed by atoms with Crippen molar-refractivity contribution in [1.29, 1.82) is 0 Å².